The molecule has 0 fully saturated rings. The van der Waals surface area contributed by atoms with Crippen LogP contribution in [0.5, 0.6) is 11.5 Å². The maximum absolute atomic E-state index is 12.9. The van der Waals surface area contributed by atoms with Crippen molar-refractivity contribution in [3.05, 3.63) is 53.1 Å². The highest BCUT2D eigenvalue weighted by Crippen LogP contribution is 2.46. The van der Waals surface area contributed by atoms with Crippen LogP contribution in [0.3, 0.4) is 0 Å². The van der Waals surface area contributed by atoms with Crippen LogP contribution in [-0.2, 0) is 16.0 Å². The Morgan fingerprint density at radius 1 is 1.06 bits per heavy atom. The zero-order valence-electron chi connectivity index (χ0n) is 20.1. The van der Waals surface area contributed by atoms with E-state index >= 15 is 0 Å². The minimum Gasteiger partial charge on any atom is -0.493 e. The van der Waals surface area contributed by atoms with Crippen molar-refractivity contribution in [2.75, 3.05) is 32.8 Å². The van der Waals surface area contributed by atoms with Crippen LogP contribution in [-0.4, -0.2) is 51.1 Å². The number of rotatable bonds is 6. The van der Waals surface area contributed by atoms with Crippen LogP contribution >= 0.6 is 0 Å². The molecule has 1 aliphatic rings. The number of ether oxygens (including phenoxy) is 4. The molecule has 0 radical (unpaired) electrons. The summed E-state index contributed by atoms with van der Waals surface area (Å²) in [5.41, 5.74) is 3.50. The van der Waals surface area contributed by atoms with Gasteiger partial charge in [-0.25, -0.2) is 9.59 Å². The van der Waals surface area contributed by atoms with Gasteiger partial charge >= 0.3 is 12.2 Å². The topological polar surface area (TPSA) is 77.5 Å². The fourth-order valence-corrected chi connectivity index (χ4v) is 4.23. The van der Waals surface area contributed by atoms with Crippen molar-refractivity contribution in [3.8, 4) is 11.5 Å². The molecule has 2 atom stereocenters. The Morgan fingerprint density at radius 3 is 2.27 bits per heavy atom. The van der Waals surface area contributed by atoms with Gasteiger partial charge in [0.15, 0.2) is 11.5 Å². The summed E-state index contributed by atoms with van der Waals surface area (Å²) < 4.78 is 21.5. The number of nitrogens with zero attached hydrogens (tertiary/aromatic N) is 2. The smallest absolute Gasteiger partial charge is 0.414 e. The van der Waals surface area contributed by atoms with E-state index in [4.69, 9.17) is 18.9 Å². The zero-order valence-corrected chi connectivity index (χ0v) is 20.1. The van der Waals surface area contributed by atoms with Crippen molar-refractivity contribution in [3.63, 3.8) is 0 Å². The second-order valence-corrected chi connectivity index (χ2v) is 8.02. The van der Waals surface area contributed by atoms with Crippen LogP contribution in [0.15, 0.2) is 36.4 Å². The summed E-state index contributed by atoms with van der Waals surface area (Å²) in [6.45, 7) is 6.34. The van der Waals surface area contributed by atoms with Crippen LogP contribution < -0.4 is 14.4 Å². The van der Waals surface area contributed by atoms with Crippen molar-refractivity contribution in [1.29, 1.82) is 0 Å². The molecule has 33 heavy (non-hydrogen) atoms. The molecule has 0 spiro atoms. The van der Waals surface area contributed by atoms with E-state index in [0.717, 1.165) is 16.7 Å². The van der Waals surface area contributed by atoms with Gasteiger partial charge in [0.05, 0.1) is 39.7 Å². The monoisotopic (exact) mass is 456 g/mol. The van der Waals surface area contributed by atoms with Gasteiger partial charge < -0.3 is 18.9 Å². The van der Waals surface area contributed by atoms with Gasteiger partial charge in [-0.3, -0.25) is 9.80 Å². The molecule has 2 aromatic rings. The number of benzene rings is 2. The van der Waals surface area contributed by atoms with E-state index < -0.39 is 12.2 Å². The fraction of sp³-hybridized carbons (Fsp3) is 0.440. The predicted octanol–water partition coefficient (Wildman–Crippen LogP) is 5.08. The second-order valence-electron chi connectivity index (χ2n) is 8.02. The Labute approximate surface area is 195 Å². The van der Waals surface area contributed by atoms with E-state index in [9.17, 15) is 9.59 Å². The molecule has 0 unspecified atom stereocenters. The molecule has 1 heterocycles. The summed E-state index contributed by atoms with van der Waals surface area (Å²) in [6.07, 6.45) is -0.388. The number of anilines is 1. The first-order valence-electron chi connectivity index (χ1n) is 11.0. The van der Waals surface area contributed by atoms with Gasteiger partial charge in [0.2, 0.25) is 0 Å². The van der Waals surface area contributed by atoms with Gasteiger partial charge in [0.25, 0.3) is 0 Å². The number of hydrogen-bond donors (Lipinski definition) is 0. The molecular weight excluding hydrogens is 424 g/mol. The molecule has 0 bridgehead atoms. The first-order chi connectivity index (χ1) is 15.8. The lowest BCUT2D eigenvalue weighted by Gasteiger charge is -2.42. The van der Waals surface area contributed by atoms with E-state index in [1.807, 2.05) is 44.2 Å². The van der Waals surface area contributed by atoms with Crippen molar-refractivity contribution in [1.82, 2.24) is 4.90 Å². The van der Waals surface area contributed by atoms with E-state index in [2.05, 4.69) is 0 Å². The largest absolute Gasteiger partial charge is 0.493 e. The lowest BCUT2D eigenvalue weighted by atomic mass is 9.90. The standard InChI is InChI=1S/C25H32N2O6/c1-7-33-25(29)27-17(3)12-20(19-13-22(30-4)23(31-5)14-21(19)27)26(24(28)32-6)15-18-10-8-16(2)9-11-18/h8-11,13-14,17,20H,7,12,15H2,1-6H3/t17-,20+/m0/s1. The summed E-state index contributed by atoms with van der Waals surface area (Å²) >= 11 is 0. The highest BCUT2D eigenvalue weighted by molar-refractivity contribution is 5.91. The number of methoxy groups -OCH3 is 3. The molecule has 8 nitrogen and oxygen atoms in total. The molecule has 2 amide bonds. The summed E-state index contributed by atoms with van der Waals surface area (Å²) in [7, 11) is 4.47. The number of amides is 2. The van der Waals surface area contributed by atoms with Gasteiger partial charge in [0.1, 0.15) is 0 Å². The van der Waals surface area contributed by atoms with Gasteiger partial charge in [-0.05, 0) is 38.8 Å². The molecule has 0 N–H and O–H groups in total. The first-order valence-corrected chi connectivity index (χ1v) is 11.0. The number of fused-ring (bicyclic) bond motifs is 1. The number of carbonyl (C=O) groups is 2. The third-order valence-corrected chi connectivity index (χ3v) is 5.88. The van der Waals surface area contributed by atoms with E-state index in [1.165, 1.54) is 7.11 Å². The lowest BCUT2D eigenvalue weighted by Crippen LogP contribution is -2.47. The minimum absolute atomic E-state index is 0.232. The van der Waals surface area contributed by atoms with Crippen LogP contribution in [0.1, 0.15) is 43.0 Å². The fourth-order valence-electron chi connectivity index (χ4n) is 4.23. The van der Waals surface area contributed by atoms with E-state index in [0.29, 0.717) is 30.2 Å². The molecule has 178 valence electrons. The first kappa shape index (κ1) is 24.2. The molecule has 0 saturated heterocycles. The van der Waals surface area contributed by atoms with Gasteiger partial charge in [-0.15, -0.1) is 0 Å². The van der Waals surface area contributed by atoms with Crippen LogP contribution in [0.2, 0.25) is 0 Å². The molecular formula is C25H32N2O6. The minimum atomic E-state index is -0.446. The lowest BCUT2D eigenvalue weighted by molar-refractivity contribution is 0.0941. The van der Waals surface area contributed by atoms with Crippen molar-refractivity contribution in [2.45, 2.75) is 45.8 Å². The van der Waals surface area contributed by atoms with Crippen molar-refractivity contribution >= 4 is 17.9 Å². The third-order valence-electron chi connectivity index (χ3n) is 5.88. The van der Waals surface area contributed by atoms with Crippen molar-refractivity contribution in [2.24, 2.45) is 0 Å². The van der Waals surface area contributed by atoms with Gasteiger partial charge in [-0.1, -0.05) is 29.8 Å². The Morgan fingerprint density at radius 2 is 1.70 bits per heavy atom. The quantitative estimate of drug-likeness (QED) is 0.603. The molecule has 3 rings (SSSR count). The number of aryl methyl sites for hydroxylation is 1. The SMILES string of the molecule is CCOC(=O)N1c2cc(OC)c(OC)cc2[C@H](N(Cc2ccc(C)cc2)C(=O)OC)C[C@@H]1C. The van der Waals surface area contributed by atoms with Gasteiger partial charge in [0, 0.05) is 24.2 Å². The average molecular weight is 457 g/mol. The Kier molecular flexibility index (Phi) is 7.68. The van der Waals surface area contributed by atoms with Crippen LogP contribution in [0, 0.1) is 6.92 Å². The molecule has 0 saturated carbocycles. The molecule has 0 aromatic heterocycles. The summed E-state index contributed by atoms with van der Waals surface area (Å²) in [5.74, 6) is 1.00. The molecule has 2 aromatic carbocycles. The highest BCUT2D eigenvalue weighted by Gasteiger charge is 2.40. The van der Waals surface area contributed by atoms with Crippen molar-refractivity contribution < 1.29 is 28.5 Å². The second kappa shape index (κ2) is 10.5. The highest BCUT2D eigenvalue weighted by atomic mass is 16.6. The van der Waals surface area contributed by atoms with Gasteiger partial charge in [-0.2, -0.15) is 0 Å². The predicted molar refractivity (Wildman–Crippen MR) is 125 cm³/mol. The Hall–Kier alpha value is -3.42. The maximum Gasteiger partial charge on any atom is 0.414 e. The summed E-state index contributed by atoms with van der Waals surface area (Å²) in [4.78, 5) is 29.1. The number of hydrogen-bond acceptors (Lipinski definition) is 6. The third kappa shape index (κ3) is 4.99. The Bertz CT molecular complexity index is 991. The van der Waals surface area contributed by atoms with Crippen LogP contribution in [0.25, 0.3) is 0 Å². The summed E-state index contributed by atoms with van der Waals surface area (Å²) in [5, 5.41) is 0. The van der Waals surface area contributed by atoms with E-state index in [-0.39, 0.29) is 18.7 Å². The van der Waals surface area contributed by atoms with Crippen LogP contribution in [0.4, 0.5) is 15.3 Å². The average Bonchev–Trinajstić information content (AvgIpc) is 2.82. The Balaban J connectivity index is 2.13. The molecule has 0 aliphatic carbocycles. The zero-order chi connectivity index (χ0) is 24.1. The summed E-state index contributed by atoms with van der Waals surface area (Å²) in [6, 6.07) is 11.0. The normalized spacial score (nSPS) is 17.1. The maximum atomic E-state index is 12.9. The van der Waals surface area contributed by atoms with E-state index in [1.54, 1.807) is 37.0 Å². The molecule has 1 aliphatic heterocycles. The molecule has 8 heteroatoms. The number of carbonyl (C=O) groups excluding carboxylic acids is 2.